The number of hydrogen-bond acceptors (Lipinski definition) is 7. The van der Waals surface area contributed by atoms with E-state index in [0.717, 1.165) is 54.4 Å². The van der Waals surface area contributed by atoms with Crippen LogP contribution in [0.5, 0.6) is 0 Å². The molecular formula is C17H20N8. The number of hydrogen-bond donors (Lipinski definition) is 0. The summed E-state index contributed by atoms with van der Waals surface area (Å²) in [6.07, 6.45) is 7.05. The van der Waals surface area contributed by atoms with E-state index in [4.69, 9.17) is 0 Å². The van der Waals surface area contributed by atoms with Crippen LogP contribution >= 0.6 is 0 Å². The highest BCUT2D eigenvalue weighted by atomic mass is 15.3. The topological polar surface area (TPSA) is 75.9 Å². The van der Waals surface area contributed by atoms with Crippen molar-refractivity contribution in [2.24, 2.45) is 18.9 Å². The molecule has 0 bridgehead atoms. The maximum atomic E-state index is 4.55. The Bertz CT molecular complexity index is 921. The maximum Gasteiger partial charge on any atom is 0.163 e. The molecule has 2 atom stereocenters. The van der Waals surface area contributed by atoms with Crippen molar-refractivity contribution in [1.29, 1.82) is 0 Å². The van der Waals surface area contributed by atoms with Crippen LogP contribution in [0.25, 0.3) is 11.0 Å². The molecule has 2 fully saturated rings. The molecule has 0 aliphatic carbocycles. The van der Waals surface area contributed by atoms with E-state index in [1.54, 1.807) is 17.3 Å². The Balaban J connectivity index is 1.38. The first-order valence-electron chi connectivity index (χ1n) is 8.60. The van der Waals surface area contributed by atoms with Gasteiger partial charge >= 0.3 is 0 Å². The fraction of sp³-hybridized carbons (Fsp3) is 0.471. The summed E-state index contributed by atoms with van der Waals surface area (Å²) in [6.45, 7) is 6.20. The third-order valence-electron chi connectivity index (χ3n) is 5.46. The summed E-state index contributed by atoms with van der Waals surface area (Å²) in [5.74, 6) is 3.36. The van der Waals surface area contributed by atoms with Gasteiger partial charge in [0.2, 0.25) is 0 Å². The molecule has 8 heteroatoms. The smallest absolute Gasteiger partial charge is 0.163 e. The van der Waals surface area contributed by atoms with E-state index < -0.39 is 0 Å². The van der Waals surface area contributed by atoms with E-state index in [-0.39, 0.29) is 0 Å². The first-order valence-corrected chi connectivity index (χ1v) is 8.60. The molecule has 0 saturated carbocycles. The third kappa shape index (κ3) is 2.24. The van der Waals surface area contributed by atoms with Crippen molar-refractivity contribution < 1.29 is 0 Å². The molecule has 3 aromatic rings. The van der Waals surface area contributed by atoms with Gasteiger partial charge in [-0.25, -0.2) is 19.9 Å². The van der Waals surface area contributed by atoms with Crippen LogP contribution in [0.15, 0.2) is 25.0 Å². The van der Waals surface area contributed by atoms with Gasteiger partial charge in [-0.1, -0.05) is 0 Å². The fourth-order valence-electron chi connectivity index (χ4n) is 4.26. The zero-order valence-corrected chi connectivity index (χ0v) is 14.4. The Morgan fingerprint density at radius 3 is 2.28 bits per heavy atom. The van der Waals surface area contributed by atoms with Gasteiger partial charge in [-0.3, -0.25) is 4.68 Å². The van der Waals surface area contributed by atoms with E-state index in [2.05, 4.69) is 41.8 Å². The lowest BCUT2D eigenvalue weighted by Crippen LogP contribution is -2.30. The second kappa shape index (κ2) is 5.37. The lowest BCUT2D eigenvalue weighted by Gasteiger charge is -2.24. The number of nitrogens with zero attached hydrogens (tertiary/aromatic N) is 8. The van der Waals surface area contributed by atoms with Crippen LogP contribution in [-0.4, -0.2) is 55.9 Å². The Morgan fingerprint density at radius 1 is 0.880 bits per heavy atom. The summed E-state index contributed by atoms with van der Waals surface area (Å²) >= 11 is 0. The lowest BCUT2D eigenvalue weighted by molar-refractivity contribution is 0.533. The van der Waals surface area contributed by atoms with Crippen molar-refractivity contribution in [2.75, 3.05) is 36.0 Å². The van der Waals surface area contributed by atoms with Crippen molar-refractivity contribution in [1.82, 2.24) is 29.7 Å². The summed E-state index contributed by atoms with van der Waals surface area (Å²) in [5, 5.41) is 5.36. The molecule has 5 heterocycles. The van der Waals surface area contributed by atoms with Gasteiger partial charge < -0.3 is 9.80 Å². The average Bonchev–Trinajstić information content (AvgIpc) is 3.28. The van der Waals surface area contributed by atoms with Gasteiger partial charge in [-0.05, 0) is 6.92 Å². The van der Waals surface area contributed by atoms with Crippen molar-refractivity contribution >= 4 is 22.7 Å². The number of fused-ring (bicyclic) bond motifs is 2. The minimum absolute atomic E-state index is 0.635. The van der Waals surface area contributed by atoms with E-state index in [0.29, 0.717) is 11.8 Å². The summed E-state index contributed by atoms with van der Waals surface area (Å²) in [5.41, 5.74) is 2.03. The second-order valence-corrected chi connectivity index (χ2v) is 7.06. The van der Waals surface area contributed by atoms with Gasteiger partial charge in [0.25, 0.3) is 0 Å². The Kier molecular flexibility index (Phi) is 3.13. The number of anilines is 2. The quantitative estimate of drug-likeness (QED) is 0.692. The van der Waals surface area contributed by atoms with Gasteiger partial charge in [0.05, 0.1) is 11.6 Å². The SMILES string of the molecule is Cc1cncnc1N1CC2CN(c3ncnc4c3cnn4C)CC2C1. The molecule has 0 radical (unpaired) electrons. The Labute approximate surface area is 145 Å². The number of aromatic nitrogens is 6. The molecule has 5 rings (SSSR count). The molecule has 2 unspecified atom stereocenters. The van der Waals surface area contributed by atoms with Gasteiger partial charge in [0, 0.05) is 56.8 Å². The van der Waals surface area contributed by atoms with Gasteiger partial charge in [-0.2, -0.15) is 5.10 Å². The summed E-state index contributed by atoms with van der Waals surface area (Å²) < 4.78 is 1.80. The minimum atomic E-state index is 0.635. The molecule has 0 N–H and O–H groups in total. The van der Waals surface area contributed by atoms with Crippen LogP contribution in [0.3, 0.4) is 0 Å². The van der Waals surface area contributed by atoms with Crippen LogP contribution < -0.4 is 9.80 Å². The van der Waals surface area contributed by atoms with Crippen molar-refractivity contribution in [2.45, 2.75) is 6.92 Å². The van der Waals surface area contributed by atoms with E-state index in [1.165, 1.54) is 0 Å². The van der Waals surface area contributed by atoms with Crippen molar-refractivity contribution in [3.63, 3.8) is 0 Å². The predicted molar refractivity (Wildman–Crippen MR) is 94.5 cm³/mol. The Hall–Kier alpha value is -2.77. The van der Waals surface area contributed by atoms with Gasteiger partial charge in [0.15, 0.2) is 5.65 Å². The highest BCUT2D eigenvalue weighted by molar-refractivity contribution is 5.86. The molecule has 0 aromatic carbocycles. The Morgan fingerprint density at radius 2 is 1.56 bits per heavy atom. The van der Waals surface area contributed by atoms with Crippen LogP contribution in [0.1, 0.15) is 5.56 Å². The van der Waals surface area contributed by atoms with Crippen LogP contribution in [0, 0.1) is 18.8 Å². The molecule has 8 nitrogen and oxygen atoms in total. The molecule has 3 aromatic heterocycles. The normalized spacial score (nSPS) is 22.8. The lowest BCUT2D eigenvalue weighted by atomic mass is 10.0. The maximum absolute atomic E-state index is 4.55. The molecule has 25 heavy (non-hydrogen) atoms. The molecule has 2 aliphatic heterocycles. The first kappa shape index (κ1) is 14.6. The van der Waals surface area contributed by atoms with Crippen LogP contribution in [-0.2, 0) is 7.05 Å². The summed E-state index contributed by atoms with van der Waals surface area (Å²) in [6, 6.07) is 0. The van der Waals surface area contributed by atoms with Crippen LogP contribution in [0.4, 0.5) is 11.6 Å². The summed E-state index contributed by atoms with van der Waals surface area (Å²) in [4.78, 5) is 22.3. The molecule has 0 amide bonds. The molecule has 2 saturated heterocycles. The zero-order chi connectivity index (χ0) is 17.0. The third-order valence-corrected chi connectivity index (χ3v) is 5.46. The first-order chi connectivity index (χ1) is 12.2. The van der Waals surface area contributed by atoms with Crippen LogP contribution in [0.2, 0.25) is 0 Å². The molecular weight excluding hydrogens is 316 g/mol. The summed E-state index contributed by atoms with van der Waals surface area (Å²) in [7, 11) is 1.92. The zero-order valence-electron chi connectivity index (χ0n) is 14.4. The average molecular weight is 336 g/mol. The van der Waals surface area contributed by atoms with E-state index in [9.17, 15) is 0 Å². The van der Waals surface area contributed by atoms with E-state index in [1.807, 2.05) is 19.4 Å². The standard InChI is InChI=1S/C17H20N8/c1-11-3-18-9-19-15(11)24-5-12-7-25(8-13(12)6-24)17-14-4-22-23(2)16(14)20-10-21-17/h3-4,9-10,12-13H,5-8H2,1-2H3. The number of aryl methyl sites for hydroxylation is 2. The predicted octanol–water partition coefficient (Wildman–Crippen LogP) is 1.03. The monoisotopic (exact) mass is 336 g/mol. The van der Waals surface area contributed by atoms with Crippen molar-refractivity contribution in [3.8, 4) is 0 Å². The second-order valence-electron chi connectivity index (χ2n) is 7.06. The molecule has 128 valence electrons. The van der Waals surface area contributed by atoms with Gasteiger partial charge in [-0.15, -0.1) is 0 Å². The highest BCUT2D eigenvalue weighted by Crippen LogP contribution is 2.37. The van der Waals surface area contributed by atoms with E-state index >= 15 is 0 Å². The minimum Gasteiger partial charge on any atom is -0.356 e. The highest BCUT2D eigenvalue weighted by Gasteiger charge is 2.41. The van der Waals surface area contributed by atoms with Gasteiger partial charge in [0.1, 0.15) is 24.3 Å². The number of rotatable bonds is 2. The largest absolute Gasteiger partial charge is 0.356 e. The fourth-order valence-corrected chi connectivity index (χ4v) is 4.26. The molecule has 2 aliphatic rings. The van der Waals surface area contributed by atoms with Crippen molar-refractivity contribution in [3.05, 3.63) is 30.6 Å². The molecule has 0 spiro atoms.